The molecule has 0 radical (unpaired) electrons. The van der Waals surface area contributed by atoms with Gasteiger partial charge in [-0.05, 0) is 13.8 Å². The number of nitrogens with zero attached hydrogens (tertiary/aromatic N) is 5. The summed E-state index contributed by atoms with van der Waals surface area (Å²) in [6, 6.07) is 0.385. The molecule has 0 atom stereocenters. The van der Waals surface area contributed by atoms with E-state index >= 15 is 0 Å². The summed E-state index contributed by atoms with van der Waals surface area (Å²) in [7, 11) is 0. The first-order valence-electron chi connectivity index (χ1n) is 6.17. The molecule has 98 valence electrons. The van der Waals surface area contributed by atoms with Gasteiger partial charge in [-0.25, -0.2) is 15.0 Å². The molecule has 0 N–H and O–H groups in total. The maximum absolute atomic E-state index is 4.66. The second kappa shape index (κ2) is 4.97. The van der Waals surface area contributed by atoms with Gasteiger partial charge in [-0.2, -0.15) is 0 Å². The summed E-state index contributed by atoms with van der Waals surface area (Å²) in [5.74, 6) is 0.933. The number of thiazole rings is 1. The Morgan fingerprint density at radius 2 is 2.16 bits per heavy atom. The molecule has 6 heteroatoms. The molecular weight excluding hydrogens is 258 g/mol. The summed E-state index contributed by atoms with van der Waals surface area (Å²) < 4.78 is 4.15. The predicted octanol–water partition coefficient (Wildman–Crippen LogP) is 2.83. The van der Waals surface area contributed by atoms with Gasteiger partial charge in [0.15, 0.2) is 5.82 Å². The molecule has 0 fully saturated rings. The Morgan fingerprint density at radius 3 is 2.89 bits per heavy atom. The minimum absolute atomic E-state index is 0.385. The maximum atomic E-state index is 4.66. The molecule has 3 aromatic heterocycles. The maximum Gasteiger partial charge on any atom is 0.159 e. The molecule has 19 heavy (non-hydrogen) atoms. The molecule has 0 spiro atoms. The standard InChI is InChI=1S/C13H15N5S/c1-10(2)18-6-4-15-13(18)11-8-19-12(16-11)7-17-5-3-14-9-17/h3-6,8-10H,7H2,1-2H3. The number of imidazole rings is 2. The van der Waals surface area contributed by atoms with E-state index in [2.05, 4.69) is 38.7 Å². The molecule has 0 bridgehead atoms. The average molecular weight is 273 g/mol. The van der Waals surface area contributed by atoms with E-state index in [9.17, 15) is 0 Å². The zero-order valence-corrected chi connectivity index (χ0v) is 11.7. The van der Waals surface area contributed by atoms with Crippen LogP contribution in [0.4, 0.5) is 0 Å². The summed E-state index contributed by atoms with van der Waals surface area (Å²) in [6.45, 7) is 5.04. The largest absolute Gasteiger partial charge is 0.331 e. The molecule has 0 aliphatic rings. The zero-order valence-electron chi connectivity index (χ0n) is 10.9. The predicted molar refractivity (Wildman–Crippen MR) is 75.0 cm³/mol. The van der Waals surface area contributed by atoms with Gasteiger partial charge in [-0.3, -0.25) is 0 Å². The Morgan fingerprint density at radius 1 is 1.26 bits per heavy atom. The fraction of sp³-hybridized carbons (Fsp3) is 0.308. The van der Waals surface area contributed by atoms with Gasteiger partial charge in [-0.1, -0.05) is 0 Å². The van der Waals surface area contributed by atoms with Gasteiger partial charge in [0.1, 0.15) is 10.7 Å². The van der Waals surface area contributed by atoms with E-state index in [1.54, 1.807) is 23.9 Å². The van der Waals surface area contributed by atoms with Crippen LogP contribution in [0.15, 0.2) is 36.5 Å². The van der Waals surface area contributed by atoms with Crippen LogP contribution in [0.2, 0.25) is 0 Å². The van der Waals surface area contributed by atoms with Crippen molar-refractivity contribution in [2.45, 2.75) is 26.4 Å². The molecule has 0 unspecified atom stereocenters. The van der Waals surface area contributed by atoms with E-state index in [0.717, 1.165) is 23.1 Å². The van der Waals surface area contributed by atoms with Crippen LogP contribution in [0.1, 0.15) is 24.9 Å². The van der Waals surface area contributed by atoms with Crippen molar-refractivity contribution in [3.63, 3.8) is 0 Å². The fourth-order valence-electron chi connectivity index (χ4n) is 1.95. The molecule has 3 aromatic rings. The molecular formula is C13H15N5S. The number of rotatable bonds is 4. The first-order chi connectivity index (χ1) is 9.24. The molecule has 5 nitrogen and oxygen atoms in total. The van der Waals surface area contributed by atoms with Crippen LogP contribution in [0, 0.1) is 0 Å². The first kappa shape index (κ1) is 12.1. The van der Waals surface area contributed by atoms with Crippen molar-refractivity contribution in [3.05, 3.63) is 41.5 Å². The highest BCUT2D eigenvalue weighted by Gasteiger charge is 2.12. The van der Waals surface area contributed by atoms with Crippen molar-refractivity contribution < 1.29 is 0 Å². The normalized spacial score (nSPS) is 11.3. The first-order valence-corrected chi connectivity index (χ1v) is 7.05. The van der Waals surface area contributed by atoms with Crippen LogP contribution >= 0.6 is 11.3 Å². The third-order valence-electron chi connectivity index (χ3n) is 2.88. The van der Waals surface area contributed by atoms with Crippen molar-refractivity contribution in [3.8, 4) is 11.5 Å². The fourth-order valence-corrected chi connectivity index (χ4v) is 2.73. The molecule has 0 aliphatic carbocycles. The zero-order chi connectivity index (χ0) is 13.2. The Bertz CT molecular complexity index is 650. The Balaban J connectivity index is 1.86. The topological polar surface area (TPSA) is 48.5 Å². The monoisotopic (exact) mass is 273 g/mol. The molecule has 0 aliphatic heterocycles. The van der Waals surface area contributed by atoms with E-state index in [0.29, 0.717) is 6.04 Å². The van der Waals surface area contributed by atoms with Gasteiger partial charge in [0.2, 0.25) is 0 Å². The number of hydrogen-bond donors (Lipinski definition) is 0. The van der Waals surface area contributed by atoms with Crippen molar-refractivity contribution in [1.82, 2.24) is 24.1 Å². The third-order valence-corrected chi connectivity index (χ3v) is 3.72. The van der Waals surface area contributed by atoms with E-state index in [1.165, 1.54) is 0 Å². The minimum atomic E-state index is 0.385. The highest BCUT2D eigenvalue weighted by molar-refractivity contribution is 7.09. The van der Waals surface area contributed by atoms with Crippen molar-refractivity contribution >= 4 is 11.3 Å². The van der Waals surface area contributed by atoms with Crippen molar-refractivity contribution in [1.29, 1.82) is 0 Å². The number of aromatic nitrogens is 5. The lowest BCUT2D eigenvalue weighted by atomic mass is 10.3. The van der Waals surface area contributed by atoms with E-state index in [-0.39, 0.29) is 0 Å². The summed E-state index contributed by atoms with van der Waals surface area (Å²) in [5.41, 5.74) is 0.943. The van der Waals surface area contributed by atoms with E-state index in [4.69, 9.17) is 0 Å². The smallest absolute Gasteiger partial charge is 0.159 e. The van der Waals surface area contributed by atoms with Crippen molar-refractivity contribution in [2.24, 2.45) is 0 Å². The molecule has 0 aromatic carbocycles. The van der Waals surface area contributed by atoms with Gasteiger partial charge in [0.05, 0.1) is 12.9 Å². The quantitative estimate of drug-likeness (QED) is 0.734. The van der Waals surface area contributed by atoms with Gasteiger partial charge in [0.25, 0.3) is 0 Å². The van der Waals surface area contributed by atoms with E-state index in [1.807, 2.05) is 23.2 Å². The Hall–Kier alpha value is -1.95. The van der Waals surface area contributed by atoms with Gasteiger partial charge in [-0.15, -0.1) is 11.3 Å². The van der Waals surface area contributed by atoms with Crippen LogP contribution < -0.4 is 0 Å². The number of hydrogen-bond acceptors (Lipinski definition) is 4. The summed E-state index contributed by atoms with van der Waals surface area (Å²) in [5, 5.41) is 3.12. The van der Waals surface area contributed by atoms with Gasteiger partial charge in [0, 0.05) is 36.2 Å². The summed E-state index contributed by atoms with van der Waals surface area (Å²) in [4.78, 5) is 13.1. The summed E-state index contributed by atoms with van der Waals surface area (Å²) >= 11 is 1.65. The average Bonchev–Trinajstić information content (AvgIpc) is 3.09. The van der Waals surface area contributed by atoms with Crippen molar-refractivity contribution in [2.75, 3.05) is 0 Å². The van der Waals surface area contributed by atoms with E-state index < -0.39 is 0 Å². The highest BCUT2D eigenvalue weighted by atomic mass is 32.1. The molecule has 0 amide bonds. The van der Waals surface area contributed by atoms with Crippen LogP contribution in [0.3, 0.4) is 0 Å². The lowest BCUT2D eigenvalue weighted by Crippen LogP contribution is -2.02. The van der Waals surface area contributed by atoms with Crippen LogP contribution in [0.5, 0.6) is 0 Å². The second-order valence-corrected chi connectivity index (χ2v) is 5.56. The molecule has 3 heterocycles. The molecule has 3 rings (SSSR count). The Labute approximate surface area is 115 Å². The molecule has 0 saturated heterocycles. The highest BCUT2D eigenvalue weighted by Crippen LogP contribution is 2.23. The van der Waals surface area contributed by atoms with Gasteiger partial charge >= 0.3 is 0 Å². The van der Waals surface area contributed by atoms with Crippen LogP contribution in [-0.4, -0.2) is 24.1 Å². The van der Waals surface area contributed by atoms with Crippen LogP contribution in [-0.2, 0) is 6.54 Å². The lowest BCUT2D eigenvalue weighted by molar-refractivity contribution is 0.605. The second-order valence-electron chi connectivity index (χ2n) is 4.61. The third kappa shape index (κ3) is 2.44. The SMILES string of the molecule is CC(C)n1ccnc1-c1csc(Cn2ccnc2)n1. The summed E-state index contributed by atoms with van der Waals surface area (Å²) in [6.07, 6.45) is 9.34. The van der Waals surface area contributed by atoms with Crippen LogP contribution in [0.25, 0.3) is 11.5 Å². The lowest BCUT2D eigenvalue weighted by Gasteiger charge is -2.09. The Kier molecular flexibility index (Phi) is 3.16. The van der Waals surface area contributed by atoms with Gasteiger partial charge < -0.3 is 9.13 Å². The molecule has 0 saturated carbocycles. The minimum Gasteiger partial charge on any atom is -0.331 e.